The Kier molecular flexibility index (Phi) is 2.00. The lowest BCUT2D eigenvalue weighted by atomic mass is 10.3. The van der Waals surface area contributed by atoms with Gasteiger partial charge < -0.3 is 4.84 Å². The molecule has 0 amide bonds. The summed E-state index contributed by atoms with van der Waals surface area (Å²) in [6.07, 6.45) is 3.53. The molecule has 0 aromatic carbocycles. The zero-order chi connectivity index (χ0) is 9.26. The van der Waals surface area contributed by atoms with Crippen LogP contribution in [0.1, 0.15) is 26.1 Å². The molecule has 5 nitrogen and oxygen atoms in total. The lowest BCUT2D eigenvalue weighted by molar-refractivity contribution is 0.0995. The van der Waals surface area contributed by atoms with Crippen molar-refractivity contribution in [2.45, 2.75) is 32.8 Å². The van der Waals surface area contributed by atoms with Crippen molar-refractivity contribution in [2.24, 2.45) is 5.16 Å². The Hall–Kier alpha value is -1.39. The summed E-state index contributed by atoms with van der Waals surface area (Å²) >= 11 is 0. The molecule has 1 unspecified atom stereocenters. The van der Waals surface area contributed by atoms with Gasteiger partial charge in [-0.25, -0.2) is 0 Å². The highest BCUT2D eigenvalue weighted by Crippen LogP contribution is 2.12. The average molecular weight is 180 g/mol. The minimum absolute atomic E-state index is 0.169. The van der Waals surface area contributed by atoms with Gasteiger partial charge in [0.2, 0.25) is 0 Å². The third-order valence-electron chi connectivity index (χ3n) is 2.02. The maximum atomic E-state index is 5.10. The van der Waals surface area contributed by atoms with E-state index >= 15 is 0 Å². The van der Waals surface area contributed by atoms with Gasteiger partial charge in [-0.15, -0.1) is 10.2 Å². The van der Waals surface area contributed by atoms with E-state index < -0.39 is 0 Å². The molecule has 2 rings (SSSR count). The standard InChI is InChI=1S/C8H12N4O/c1-3-7-10-9-5-12(7)8-4-6(2)13-11-8/h5-6H,3-4H2,1-2H3. The summed E-state index contributed by atoms with van der Waals surface area (Å²) < 4.78 is 1.89. The second-order valence-corrected chi connectivity index (χ2v) is 3.10. The van der Waals surface area contributed by atoms with E-state index in [2.05, 4.69) is 15.4 Å². The molecule has 0 N–H and O–H groups in total. The maximum Gasteiger partial charge on any atom is 0.159 e. The smallest absolute Gasteiger partial charge is 0.159 e. The topological polar surface area (TPSA) is 52.3 Å². The number of oxime groups is 1. The highest BCUT2D eigenvalue weighted by atomic mass is 16.6. The van der Waals surface area contributed by atoms with Gasteiger partial charge in [-0.05, 0) is 6.92 Å². The first-order valence-corrected chi connectivity index (χ1v) is 4.43. The minimum Gasteiger partial charge on any atom is -0.391 e. The predicted molar refractivity (Wildman–Crippen MR) is 47.4 cm³/mol. The lowest BCUT2D eigenvalue weighted by Crippen LogP contribution is -2.13. The Labute approximate surface area is 76.4 Å². The molecule has 0 aliphatic carbocycles. The summed E-state index contributed by atoms with van der Waals surface area (Å²) in [4.78, 5) is 5.10. The molecule has 0 saturated heterocycles. The molecule has 1 aromatic heterocycles. The number of aryl methyl sites for hydroxylation is 1. The highest BCUT2D eigenvalue weighted by Gasteiger charge is 2.19. The van der Waals surface area contributed by atoms with Gasteiger partial charge in [0.05, 0.1) is 0 Å². The zero-order valence-electron chi connectivity index (χ0n) is 7.77. The van der Waals surface area contributed by atoms with E-state index in [1.807, 2.05) is 18.4 Å². The van der Waals surface area contributed by atoms with E-state index in [-0.39, 0.29) is 6.10 Å². The van der Waals surface area contributed by atoms with Gasteiger partial charge in [0.1, 0.15) is 18.3 Å². The molecule has 0 spiro atoms. The van der Waals surface area contributed by atoms with Gasteiger partial charge in [0.25, 0.3) is 0 Å². The summed E-state index contributed by atoms with van der Waals surface area (Å²) in [6.45, 7) is 4.03. The van der Waals surface area contributed by atoms with Gasteiger partial charge in [-0.2, -0.15) is 0 Å². The van der Waals surface area contributed by atoms with E-state index in [1.54, 1.807) is 6.33 Å². The largest absolute Gasteiger partial charge is 0.391 e. The molecule has 1 aromatic rings. The van der Waals surface area contributed by atoms with Gasteiger partial charge in [0.15, 0.2) is 5.84 Å². The summed E-state index contributed by atoms with van der Waals surface area (Å²) in [6, 6.07) is 0. The molecule has 13 heavy (non-hydrogen) atoms. The van der Waals surface area contributed by atoms with Crippen LogP contribution in [-0.2, 0) is 11.3 Å². The molecule has 0 saturated carbocycles. The Morgan fingerprint density at radius 3 is 3.15 bits per heavy atom. The number of aromatic nitrogens is 3. The van der Waals surface area contributed by atoms with Crippen LogP contribution < -0.4 is 0 Å². The fraction of sp³-hybridized carbons (Fsp3) is 0.625. The van der Waals surface area contributed by atoms with Crippen LogP contribution >= 0.6 is 0 Å². The van der Waals surface area contributed by atoms with Crippen LogP contribution in [0.25, 0.3) is 0 Å². The molecule has 2 heterocycles. The minimum atomic E-state index is 0.169. The molecule has 1 aliphatic heterocycles. The molecule has 70 valence electrons. The number of hydrogen-bond donors (Lipinski definition) is 0. The molecule has 0 radical (unpaired) electrons. The Morgan fingerprint density at radius 2 is 2.54 bits per heavy atom. The van der Waals surface area contributed by atoms with Gasteiger partial charge in [-0.1, -0.05) is 12.1 Å². The van der Waals surface area contributed by atoms with Crippen molar-refractivity contribution in [3.05, 3.63) is 12.2 Å². The van der Waals surface area contributed by atoms with E-state index in [1.165, 1.54) is 0 Å². The summed E-state index contributed by atoms with van der Waals surface area (Å²) in [5.41, 5.74) is 0. The van der Waals surface area contributed by atoms with Crippen molar-refractivity contribution in [3.8, 4) is 0 Å². The van der Waals surface area contributed by atoms with E-state index in [0.717, 1.165) is 24.5 Å². The Morgan fingerprint density at radius 1 is 1.69 bits per heavy atom. The lowest BCUT2D eigenvalue weighted by Gasteiger charge is -2.01. The number of nitrogens with zero attached hydrogens (tertiary/aromatic N) is 4. The van der Waals surface area contributed by atoms with Crippen LogP contribution in [0.4, 0.5) is 0 Å². The van der Waals surface area contributed by atoms with Gasteiger partial charge >= 0.3 is 0 Å². The molecule has 1 aliphatic rings. The number of rotatable bonds is 1. The molecule has 5 heteroatoms. The van der Waals surface area contributed by atoms with Crippen molar-refractivity contribution < 1.29 is 4.84 Å². The second kappa shape index (κ2) is 3.16. The van der Waals surface area contributed by atoms with Crippen molar-refractivity contribution in [1.29, 1.82) is 0 Å². The van der Waals surface area contributed by atoms with Crippen LogP contribution in [0.2, 0.25) is 0 Å². The molecule has 0 bridgehead atoms. The van der Waals surface area contributed by atoms with Crippen LogP contribution in [0, 0.1) is 0 Å². The van der Waals surface area contributed by atoms with Crippen molar-refractivity contribution >= 4 is 5.84 Å². The monoisotopic (exact) mass is 180 g/mol. The van der Waals surface area contributed by atoms with Crippen molar-refractivity contribution in [1.82, 2.24) is 14.8 Å². The van der Waals surface area contributed by atoms with Crippen LogP contribution in [0.15, 0.2) is 11.5 Å². The van der Waals surface area contributed by atoms with E-state index in [0.29, 0.717) is 0 Å². The molecule has 0 fully saturated rings. The third kappa shape index (κ3) is 1.41. The first-order chi connectivity index (χ1) is 6.31. The highest BCUT2D eigenvalue weighted by molar-refractivity contribution is 5.85. The molecule has 1 atom stereocenters. The molecular formula is C8H12N4O. The average Bonchev–Trinajstić information content (AvgIpc) is 2.71. The van der Waals surface area contributed by atoms with Crippen LogP contribution in [0.3, 0.4) is 0 Å². The first kappa shape index (κ1) is 8.22. The third-order valence-corrected chi connectivity index (χ3v) is 2.02. The zero-order valence-corrected chi connectivity index (χ0v) is 7.77. The van der Waals surface area contributed by atoms with Gasteiger partial charge in [0, 0.05) is 12.8 Å². The normalized spacial score (nSPS) is 21.4. The summed E-state index contributed by atoms with van der Waals surface area (Å²) in [7, 11) is 0. The van der Waals surface area contributed by atoms with Crippen molar-refractivity contribution in [2.75, 3.05) is 0 Å². The van der Waals surface area contributed by atoms with Crippen LogP contribution in [-0.4, -0.2) is 26.7 Å². The van der Waals surface area contributed by atoms with Crippen molar-refractivity contribution in [3.63, 3.8) is 0 Å². The quantitative estimate of drug-likeness (QED) is 0.642. The fourth-order valence-electron chi connectivity index (χ4n) is 1.34. The summed E-state index contributed by atoms with van der Waals surface area (Å²) in [5.74, 6) is 1.82. The van der Waals surface area contributed by atoms with E-state index in [9.17, 15) is 0 Å². The second-order valence-electron chi connectivity index (χ2n) is 3.10. The Bertz CT molecular complexity index is 331. The predicted octanol–water partition coefficient (Wildman–Crippen LogP) is 0.811. The van der Waals surface area contributed by atoms with E-state index in [4.69, 9.17) is 4.84 Å². The summed E-state index contributed by atoms with van der Waals surface area (Å²) in [5, 5.41) is 11.8. The maximum absolute atomic E-state index is 5.10. The Balaban J connectivity index is 2.25. The first-order valence-electron chi connectivity index (χ1n) is 4.43. The van der Waals surface area contributed by atoms with Gasteiger partial charge in [-0.3, -0.25) is 4.57 Å². The fourth-order valence-corrected chi connectivity index (χ4v) is 1.34. The SMILES string of the molecule is CCc1nncn1C1=NOC(C)C1. The number of hydrogen-bond acceptors (Lipinski definition) is 4. The molecular weight excluding hydrogens is 168 g/mol. The van der Waals surface area contributed by atoms with Crippen LogP contribution in [0.5, 0.6) is 0 Å².